The smallest absolute Gasteiger partial charge is 0.244 e. The molecule has 0 atom stereocenters. The Morgan fingerprint density at radius 3 is 2.85 bits per heavy atom. The second-order valence-corrected chi connectivity index (χ2v) is 5.80. The van der Waals surface area contributed by atoms with Crippen molar-refractivity contribution in [2.45, 2.75) is 18.2 Å². The Hall–Kier alpha value is -1.93. The predicted octanol–water partition coefficient (Wildman–Crippen LogP) is 0.757. The maximum Gasteiger partial charge on any atom is 0.244 e. The van der Waals surface area contributed by atoms with Gasteiger partial charge in [0.25, 0.3) is 0 Å². The number of pyridine rings is 1. The fourth-order valence-electron chi connectivity index (χ4n) is 1.72. The molecule has 3 N–H and O–H groups in total. The minimum absolute atomic E-state index is 0.154. The minimum atomic E-state index is -3.58. The summed E-state index contributed by atoms with van der Waals surface area (Å²) in [6, 6.07) is 3.13. The van der Waals surface area contributed by atoms with Crippen LogP contribution in [-0.2, 0) is 16.4 Å². The van der Waals surface area contributed by atoms with E-state index in [9.17, 15) is 8.42 Å². The molecule has 0 bridgehead atoms. The van der Waals surface area contributed by atoms with Gasteiger partial charge >= 0.3 is 0 Å². The SMILES string of the molecule is CCNc1ncccc1S(=O)(=O)NCCc1ncc[nH]1. The van der Waals surface area contributed by atoms with Gasteiger partial charge in [0.1, 0.15) is 16.5 Å². The van der Waals surface area contributed by atoms with Crippen LogP contribution in [0, 0.1) is 0 Å². The van der Waals surface area contributed by atoms with Crippen LogP contribution in [0.3, 0.4) is 0 Å². The summed E-state index contributed by atoms with van der Waals surface area (Å²) >= 11 is 0. The molecule has 7 nitrogen and oxygen atoms in total. The molecule has 2 heterocycles. The fraction of sp³-hybridized carbons (Fsp3) is 0.333. The third kappa shape index (κ3) is 3.55. The van der Waals surface area contributed by atoms with E-state index in [2.05, 4.69) is 25.0 Å². The Morgan fingerprint density at radius 1 is 1.30 bits per heavy atom. The molecule has 108 valence electrons. The van der Waals surface area contributed by atoms with Gasteiger partial charge in [0.05, 0.1) is 0 Å². The van der Waals surface area contributed by atoms with Crippen LogP contribution in [0.5, 0.6) is 0 Å². The van der Waals surface area contributed by atoms with Gasteiger partial charge in [0, 0.05) is 38.1 Å². The van der Waals surface area contributed by atoms with Crippen LogP contribution in [0.4, 0.5) is 5.82 Å². The third-order valence-electron chi connectivity index (χ3n) is 2.61. The zero-order valence-corrected chi connectivity index (χ0v) is 11.9. The molecule has 8 heteroatoms. The number of anilines is 1. The molecule has 0 saturated carbocycles. The molecular formula is C12H17N5O2S. The van der Waals surface area contributed by atoms with Crippen LogP contribution in [0.1, 0.15) is 12.7 Å². The van der Waals surface area contributed by atoms with Crippen LogP contribution in [-0.4, -0.2) is 36.5 Å². The molecule has 0 aliphatic carbocycles. The lowest BCUT2D eigenvalue weighted by molar-refractivity contribution is 0.581. The standard InChI is InChI=1S/C12H17N5O2S/c1-2-13-12-10(4-3-6-16-12)20(18,19)17-7-5-11-14-8-9-15-11/h3-4,6,8-9,17H,2,5,7H2,1H3,(H,13,16)(H,14,15). The van der Waals surface area contributed by atoms with E-state index in [0.717, 1.165) is 5.82 Å². The molecular weight excluding hydrogens is 278 g/mol. The molecule has 2 rings (SSSR count). The van der Waals surface area contributed by atoms with Crippen molar-refractivity contribution in [1.82, 2.24) is 19.7 Å². The molecule has 0 aromatic carbocycles. The first-order valence-corrected chi connectivity index (χ1v) is 7.78. The minimum Gasteiger partial charge on any atom is -0.369 e. The van der Waals surface area contributed by atoms with E-state index in [1.807, 2.05) is 6.92 Å². The first-order chi connectivity index (χ1) is 9.63. The lowest BCUT2D eigenvalue weighted by Crippen LogP contribution is -2.27. The molecule has 0 unspecified atom stereocenters. The molecule has 0 aliphatic heterocycles. The molecule has 0 saturated heterocycles. The van der Waals surface area contributed by atoms with Crippen molar-refractivity contribution in [2.24, 2.45) is 0 Å². The average molecular weight is 295 g/mol. The number of hydrogen-bond donors (Lipinski definition) is 3. The van der Waals surface area contributed by atoms with E-state index < -0.39 is 10.0 Å². The van der Waals surface area contributed by atoms with Crippen LogP contribution in [0.2, 0.25) is 0 Å². The largest absolute Gasteiger partial charge is 0.369 e. The Bertz CT molecular complexity index is 640. The molecule has 20 heavy (non-hydrogen) atoms. The Labute approximate surface area is 117 Å². The number of nitrogens with one attached hydrogen (secondary N) is 3. The summed E-state index contributed by atoms with van der Waals surface area (Å²) in [5, 5.41) is 2.94. The number of H-pyrrole nitrogens is 1. The summed E-state index contributed by atoms with van der Waals surface area (Å²) in [5.74, 6) is 1.10. The highest BCUT2D eigenvalue weighted by Gasteiger charge is 2.18. The second-order valence-electron chi connectivity index (χ2n) is 4.06. The molecule has 0 radical (unpaired) electrons. The summed E-state index contributed by atoms with van der Waals surface area (Å²) in [6.45, 7) is 2.76. The van der Waals surface area contributed by atoms with Crippen molar-refractivity contribution >= 4 is 15.8 Å². The lowest BCUT2D eigenvalue weighted by Gasteiger charge is -2.10. The Balaban J connectivity index is 2.06. The average Bonchev–Trinajstić information content (AvgIpc) is 2.92. The van der Waals surface area contributed by atoms with Gasteiger partial charge in [-0.05, 0) is 19.1 Å². The van der Waals surface area contributed by atoms with Crippen LogP contribution >= 0.6 is 0 Å². The molecule has 2 aromatic rings. The Kier molecular flexibility index (Phi) is 4.70. The molecule has 0 spiro atoms. The summed E-state index contributed by atoms with van der Waals surface area (Å²) in [5.41, 5.74) is 0. The van der Waals surface area contributed by atoms with Crippen LogP contribution in [0.15, 0.2) is 35.6 Å². The quantitative estimate of drug-likeness (QED) is 0.700. The van der Waals surface area contributed by atoms with E-state index >= 15 is 0 Å². The zero-order chi connectivity index (χ0) is 14.4. The van der Waals surface area contributed by atoms with Gasteiger partial charge < -0.3 is 10.3 Å². The van der Waals surface area contributed by atoms with Gasteiger partial charge in [-0.2, -0.15) is 0 Å². The third-order valence-corrected chi connectivity index (χ3v) is 4.11. The van der Waals surface area contributed by atoms with Crippen molar-refractivity contribution in [1.29, 1.82) is 0 Å². The number of sulfonamides is 1. The van der Waals surface area contributed by atoms with Crippen LogP contribution < -0.4 is 10.0 Å². The second kappa shape index (κ2) is 6.49. The van der Waals surface area contributed by atoms with Gasteiger partial charge in [0.15, 0.2) is 0 Å². The highest BCUT2D eigenvalue weighted by molar-refractivity contribution is 7.89. The number of rotatable bonds is 7. The summed E-state index contributed by atoms with van der Waals surface area (Å²) in [6.07, 6.45) is 5.39. The van der Waals surface area contributed by atoms with E-state index in [1.54, 1.807) is 24.7 Å². The van der Waals surface area contributed by atoms with E-state index in [0.29, 0.717) is 18.8 Å². The van der Waals surface area contributed by atoms with Crippen molar-refractivity contribution in [3.63, 3.8) is 0 Å². The molecule has 0 amide bonds. The van der Waals surface area contributed by atoms with Gasteiger partial charge in [-0.1, -0.05) is 0 Å². The number of imidazole rings is 1. The summed E-state index contributed by atoms with van der Waals surface area (Å²) < 4.78 is 27.0. The Morgan fingerprint density at radius 2 is 2.15 bits per heavy atom. The monoisotopic (exact) mass is 295 g/mol. The molecule has 0 aliphatic rings. The van der Waals surface area contributed by atoms with Crippen molar-refractivity contribution in [3.05, 3.63) is 36.5 Å². The van der Waals surface area contributed by atoms with E-state index in [4.69, 9.17) is 0 Å². The maximum absolute atomic E-state index is 12.2. The summed E-state index contributed by atoms with van der Waals surface area (Å²) in [4.78, 5) is 11.2. The van der Waals surface area contributed by atoms with E-state index in [1.165, 1.54) is 6.07 Å². The zero-order valence-electron chi connectivity index (χ0n) is 11.1. The van der Waals surface area contributed by atoms with Crippen LogP contribution in [0.25, 0.3) is 0 Å². The van der Waals surface area contributed by atoms with Gasteiger partial charge in [-0.25, -0.2) is 23.1 Å². The number of aromatic amines is 1. The first kappa shape index (κ1) is 14.5. The predicted molar refractivity (Wildman–Crippen MR) is 75.9 cm³/mol. The highest BCUT2D eigenvalue weighted by Crippen LogP contribution is 2.17. The van der Waals surface area contributed by atoms with Crippen molar-refractivity contribution in [2.75, 3.05) is 18.4 Å². The number of aromatic nitrogens is 3. The van der Waals surface area contributed by atoms with Gasteiger partial charge in [-0.3, -0.25) is 0 Å². The first-order valence-electron chi connectivity index (χ1n) is 6.30. The van der Waals surface area contributed by atoms with Gasteiger partial charge in [-0.15, -0.1) is 0 Å². The van der Waals surface area contributed by atoms with Crippen molar-refractivity contribution in [3.8, 4) is 0 Å². The van der Waals surface area contributed by atoms with E-state index in [-0.39, 0.29) is 11.4 Å². The van der Waals surface area contributed by atoms with Gasteiger partial charge in [0.2, 0.25) is 10.0 Å². The fourth-order valence-corrected chi connectivity index (χ4v) is 2.89. The highest BCUT2D eigenvalue weighted by atomic mass is 32.2. The van der Waals surface area contributed by atoms with Crippen molar-refractivity contribution < 1.29 is 8.42 Å². The normalized spacial score (nSPS) is 11.4. The maximum atomic E-state index is 12.2. The lowest BCUT2D eigenvalue weighted by atomic mass is 10.4. The molecule has 0 fully saturated rings. The molecule has 2 aromatic heterocycles. The topological polar surface area (TPSA) is 99.8 Å². The summed E-state index contributed by atoms with van der Waals surface area (Å²) in [7, 11) is -3.58. The number of nitrogens with zero attached hydrogens (tertiary/aromatic N) is 2. The number of hydrogen-bond acceptors (Lipinski definition) is 5.